The molecule has 1 aliphatic rings. The summed E-state index contributed by atoms with van der Waals surface area (Å²) in [5.74, 6) is -0.957. The van der Waals surface area contributed by atoms with Crippen molar-refractivity contribution in [3.63, 3.8) is 0 Å². The summed E-state index contributed by atoms with van der Waals surface area (Å²) in [7, 11) is 0. The van der Waals surface area contributed by atoms with E-state index in [0.29, 0.717) is 13.1 Å². The van der Waals surface area contributed by atoms with Crippen LogP contribution in [0.1, 0.15) is 43.7 Å². The zero-order valence-corrected chi connectivity index (χ0v) is 14.8. The largest absolute Gasteiger partial charge is 0.448 e. The molecular weight excluding hydrogens is 316 g/mol. The smallest absolute Gasteiger partial charge is 0.349 e. The van der Waals surface area contributed by atoms with E-state index in [9.17, 15) is 14.9 Å². The van der Waals surface area contributed by atoms with Crippen molar-refractivity contribution in [2.24, 2.45) is 0 Å². The van der Waals surface area contributed by atoms with E-state index in [1.54, 1.807) is 11.8 Å². The summed E-state index contributed by atoms with van der Waals surface area (Å²) in [5.41, 5.74) is 1.72. The number of hydrogen-bond donors (Lipinski definition) is 0. The SMILES string of the molecule is Cc1ccc(/C=C(\C#N)C(=O)O[C@@H](C)C(=O)N2CCCCCC2)cc1. The maximum absolute atomic E-state index is 12.4. The highest BCUT2D eigenvalue weighted by molar-refractivity contribution is 5.99. The lowest BCUT2D eigenvalue weighted by Crippen LogP contribution is -2.40. The molecule has 1 fully saturated rings. The van der Waals surface area contributed by atoms with Crippen LogP contribution in [0.15, 0.2) is 29.8 Å². The van der Waals surface area contributed by atoms with Crippen LogP contribution in [-0.2, 0) is 14.3 Å². The van der Waals surface area contributed by atoms with Gasteiger partial charge in [0, 0.05) is 13.1 Å². The molecule has 1 aromatic carbocycles. The van der Waals surface area contributed by atoms with Crippen LogP contribution in [0.25, 0.3) is 6.08 Å². The van der Waals surface area contributed by atoms with Gasteiger partial charge in [-0.05, 0) is 38.3 Å². The second-order valence-electron chi connectivity index (χ2n) is 6.37. The van der Waals surface area contributed by atoms with Crippen LogP contribution in [0, 0.1) is 18.3 Å². The van der Waals surface area contributed by atoms with E-state index in [1.807, 2.05) is 37.3 Å². The topological polar surface area (TPSA) is 70.4 Å². The highest BCUT2D eigenvalue weighted by Crippen LogP contribution is 2.14. The van der Waals surface area contributed by atoms with Crippen molar-refractivity contribution in [3.05, 3.63) is 41.0 Å². The number of aryl methyl sites for hydroxylation is 1. The van der Waals surface area contributed by atoms with Gasteiger partial charge in [-0.15, -0.1) is 0 Å². The zero-order valence-electron chi connectivity index (χ0n) is 14.8. The Morgan fingerprint density at radius 1 is 1.16 bits per heavy atom. The van der Waals surface area contributed by atoms with Crippen LogP contribution >= 0.6 is 0 Å². The van der Waals surface area contributed by atoms with Gasteiger partial charge in [0.2, 0.25) is 0 Å². The average Bonchev–Trinajstić information content (AvgIpc) is 2.89. The molecule has 1 amide bonds. The molecule has 1 heterocycles. The standard InChI is InChI=1S/C20H24N2O3/c1-15-7-9-17(10-8-15)13-18(14-21)20(24)25-16(2)19(23)22-11-5-3-4-6-12-22/h7-10,13,16H,3-6,11-12H2,1-2H3/b18-13+/t16-/m0/s1. The van der Waals surface area contributed by atoms with Crippen LogP contribution in [0.4, 0.5) is 0 Å². The minimum Gasteiger partial charge on any atom is -0.448 e. The fraction of sp³-hybridized carbons (Fsp3) is 0.450. The first kappa shape index (κ1) is 18.7. The Balaban J connectivity index is 2.01. The van der Waals surface area contributed by atoms with Gasteiger partial charge < -0.3 is 9.64 Å². The first-order chi connectivity index (χ1) is 12.0. The molecule has 1 aromatic rings. The molecule has 0 saturated carbocycles. The normalized spacial score (nSPS) is 16.5. The third kappa shape index (κ3) is 5.46. The van der Waals surface area contributed by atoms with Gasteiger partial charge in [0.15, 0.2) is 6.10 Å². The molecule has 0 unspecified atom stereocenters. The molecule has 2 rings (SSSR count). The summed E-state index contributed by atoms with van der Waals surface area (Å²) < 4.78 is 5.23. The lowest BCUT2D eigenvalue weighted by Gasteiger charge is -2.23. The number of carbonyl (C=O) groups is 2. The molecule has 0 radical (unpaired) electrons. The number of amides is 1. The van der Waals surface area contributed by atoms with Crippen LogP contribution in [0.5, 0.6) is 0 Å². The molecule has 0 bridgehead atoms. The lowest BCUT2D eigenvalue weighted by molar-refractivity contribution is -0.155. The number of rotatable bonds is 4. The van der Waals surface area contributed by atoms with Gasteiger partial charge in [0.05, 0.1) is 0 Å². The van der Waals surface area contributed by atoms with E-state index >= 15 is 0 Å². The van der Waals surface area contributed by atoms with Gasteiger partial charge >= 0.3 is 5.97 Å². The van der Waals surface area contributed by atoms with Crippen LogP contribution in [0.2, 0.25) is 0 Å². The van der Waals surface area contributed by atoms with Gasteiger partial charge in [-0.1, -0.05) is 42.7 Å². The zero-order chi connectivity index (χ0) is 18.2. The fourth-order valence-electron chi connectivity index (χ4n) is 2.79. The number of esters is 1. The Hall–Kier alpha value is -2.61. The maximum atomic E-state index is 12.4. The molecule has 0 aromatic heterocycles. The van der Waals surface area contributed by atoms with Gasteiger partial charge in [-0.3, -0.25) is 4.79 Å². The second kappa shape index (κ2) is 9.03. The number of hydrogen-bond acceptors (Lipinski definition) is 4. The second-order valence-corrected chi connectivity index (χ2v) is 6.37. The predicted octanol–water partition coefficient (Wildman–Crippen LogP) is 3.24. The quantitative estimate of drug-likeness (QED) is 0.479. The Bertz CT molecular complexity index is 678. The minimum absolute atomic E-state index is 0.112. The summed E-state index contributed by atoms with van der Waals surface area (Å²) in [5, 5.41) is 9.24. The predicted molar refractivity (Wildman–Crippen MR) is 95.4 cm³/mol. The maximum Gasteiger partial charge on any atom is 0.349 e. The molecule has 5 nitrogen and oxygen atoms in total. The highest BCUT2D eigenvalue weighted by Gasteiger charge is 2.25. The summed E-state index contributed by atoms with van der Waals surface area (Å²) in [6, 6.07) is 9.31. The molecule has 1 aliphatic heterocycles. The van der Waals surface area contributed by atoms with Gasteiger partial charge in [-0.25, -0.2) is 4.79 Å². The molecule has 0 spiro atoms. The summed E-state index contributed by atoms with van der Waals surface area (Å²) in [6.45, 7) is 4.92. The number of likely N-dealkylation sites (tertiary alicyclic amines) is 1. The molecule has 0 N–H and O–H groups in total. The van der Waals surface area contributed by atoms with Crippen molar-refractivity contribution in [2.45, 2.75) is 45.6 Å². The molecule has 0 aliphatic carbocycles. The van der Waals surface area contributed by atoms with Crippen LogP contribution in [0.3, 0.4) is 0 Å². The Morgan fingerprint density at radius 3 is 2.32 bits per heavy atom. The number of ether oxygens (including phenoxy) is 1. The molecule has 25 heavy (non-hydrogen) atoms. The summed E-state index contributed by atoms with van der Waals surface area (Å²) in [4.78, 5) is 26.4. The van der Waals surface area contributed by atoms with Crippen molar-refractivity contribution < 1.29 is 14.3 Å². The van der Waals surface area contributed by atoms with Crippen molar-refractivity contribution in [2.75, 3.05) is 13.1 Å². The summed E-state index contributed by atoms with van der Waals surface area (Å²) in [6.07, 6.45) is 4.78. The number of benzene rings is 1. The Kier molecular flexibility index (Phi) is 6.76. The average molecular weight is 340 g/mol. The van der Waals surface area contributed by atoms with E-state index in [4.69, 9.17) is 4.74 Å². The lowest BCUT2D eigenvalue weighted by atomic mass is 10.1. The first-order valence-corrected chi connectivity index (χ1v) is 8.69. The van der Waals surface area contributed by atoms with Crippen molar-refractivity contribution in [1.82, 2.24) is 4.90 Å². The van der Waals surface area contributed by atoms with E-state index in [0.717, 1.165) is 36.8 Å². The Labute approximate surface area is 148 Å². The molecule has 5 heteroatoms. The van der Waals surface area contributed by atoms with Gasteiger partial charge in [0.25, 0.3) is 5.91 Å². The van der Waals surface area contributed by atoms with E-state index < -0.39 is 12.1 Å². The molecule has 1 saturated heterocycles. The van der Waals surface area contributed by atoms with Gasteiger partial charge in [-0.2, -0.15) is 5.26 Å². The third-order valence-corrected chi connectivity index (χ3v) is 4.28. The van der Waals surface area contributed by atoms with E-state index in [-0.39, 0.29) is 11.5 Å². The van der Waals surface area contributed by atoms with Crippen LogP contribution < -0.4 is 0 Å². The van der Waals surface area contributed by atoms with Crippen molar-refractivity contribution in [1.29, 1.82) is 5.26 Å². The van der Waals surface area contributed by atoms with E-state index in [2.05, 4.69) is 0 Å². The monoisotopic (exact) mass is 340 g/mol. The van der Waals surface area contributed by atoms with Gasteiger partial charge in [0.1, 0.15) is 11.6 Å². The minimum atomic E-state index is -0.889. The molecule has 1 atom stereocenters. The number of nitriles is 1. The molecule has 132 valence electrons. The first-order valence-electron chi connectivity index (χ1n) is 8.69. The number of nitrogens with zero attached hydrogens (tertiary/aromatic N) is 2. The third-order valence-electron chi connectivity index (χ3n) is 4.28. The Morgan fingerprint density at radius 2 is 1.76 bits per heavy atom. The highest BCUT2D eigenvalue weighted by atomic mass is 16.5. The summed E-state index contributed by atoms with van der Waals surface area (Å²) >= 11 is 0. The van der Waals surface area contributed by atoms with Crippen molar-refractivity contribution >= 4 is 18.0 Å². The van der Waals surface area contributed by atoms with Crippen molar-refractivity contribution in [3.8, 4) is 6.07 Å². The fourth-order valence-corrected chi connectivity index (χ4v) is 2.79. The van der Waals surface area contributed by atoms with E-state index in [1.165, 1.54) is 6.08 Å². The van der Waals surface area contributed by atoms with Crippen LogP contribution in [-0.4, -0.2) is 36.0 Å². The molecular formula is C20H24N2O3. The number of carbonyl (C=O) groups excluding carboxylic acids is 2.